The molecule has 0 fully saturated rings. The molecule has 0 heterocycles. The number of allylic oxidation sites excluding steroid dienone is 5. The molecule has 0 bridgehead atoms. The van der Waals surface area contributed by atoms with Gasteiger partial charge in [0.05, 0.1) is 39.9 Å². The molecule has 0 aliphatic carbocycles. The van der Waals surface area contributed by atoms with Crippen LogP contribution < -0.4 is 10.2 Å². The summed E-state index contributed by atoms with van der Waals surface area (Å²) in [5.41, 5.74) is 0. The van der Waals surface area contributed by atoms with Crippen molar-refractivity contribution in [1.82, 2.24) is 5.32 Å². The molecule has 300 valence electrons. The van der Waals surface area contributed by atoms with Crippen molar-refractivity contribution in [2.45, 2.75) is 187 Å². The number of amides is 1. The van der Waals surface area contributed by atoms with Crippen LogP contribution in [0.3, 0.4) is 0 Å². The molecular weight excluding hydrogens is 659 g/mol. The Kier molecular flexibility index (Phi) is 33.6. The highest BCUT2D eigenvalue weighted by Gasteiger charge is 2.23. The fraction of sp³-hybridized carbons (Fsp3) is 0.833. The lowest BCUT2D eigenvalue weighted by atomic mass is 10.0. The predicted molar refractivity (Wildman–Crippen MR) is 215 cm³/mol. The lowest BCUT2D eigenvalue weighted by Crippen LogP contribution is -2.45. The van der Waals surface area contributed by atoms with Gasteiger partial charge in [-0.05, 0) is 38.5 Å². The van der Waals surface area contributed by atoms with Gasteiger partial charge in [0, 0.05) is 6.42 Å². The molecule has 0 spiro atoms. The molecule has 0 saturated carbocycles. The van der Waals surface area contributed by atoms with E-state index in [9.17, 15) is 19.4 Å². The monoisotopic (exact) mass is 741 g/mol. The Morgan fingerprint density at radius 2 is 1.12 bits per heavy atom. The summed E-state index contributed by atoms with van der Waals surface area (Å²) in [4.78, 5) is 25.2. The minimum atomic E-state index is -4.59. The van der Waals surface area contributed by atoms with Gasteiger partial charge in [-0.2, -0.15) is 0 Å². The molecule has 0 aromatic carbocycles. The second kappa shape index (κ2) is 34.5. The number of aliphatic hydroxyl groups excluding tert-OH is 1. The first-order valence-corrected chi connectivity index (χ1v) is 22.3. The van der Waals surface area contributed by atoms with Crippen molar-refractivity contribution in [2.24, 2.45) is 0 Å². The standard InChI is InChI=1S/C42H81N2O6P/c1-6-8-10-12-14-16-18-19-20-21-22-23-24-25-26-28-30-32-34-36-42(46)43-40(39-50-51(47,48)49-38-37-44(3,4)5)41(45)35-33-31-29-27-17-15-13-11-9-7-2/h9,11,17,27,33,35,40-41,45H,6-8,10,12-16,18-26,28-32,34,36-39H2,1-5H3,(H-,43,46,47,48)/b11-9+,27-17+,35-33+. The van der Waals surface area contributed by atoms with Crippen molar-refractivity contribution in [3.63, 3.8) is 0 Å². The van der Waals surface area contributed by atoms with Gasteiger partial charge in [0.1, 0.15) is 13.2 Å². The molecule has 0 saturated heterocycles. The number of unbranched alkanes of at least 4 members (excludes halogenated alkanes) is 20. The Morgan fingerprint density at radius 1 is 0.686 bits per heavy atom. The van der Waals surface area contributed by atoms with Crippen molar-refractivity contribution >= 4 is 13.7 Å². The van der Waals surface area contributed by atoms with Crippen LogP contribution in [0.4, 0.5) is 0 Å². The largest absolute Gasteiger partial charge is 0.756 e. The Hall–Kier alpha value is -1.28. The van der Waals surface area contributed by atoms with E-state index in [0.717, 1.165) is 51.4 Å². The van der Waals surface area contributed by atoms with Gasteiger partial charge < -0.3 is 28.8 Å². The van der Waals surface area contributed by atoms with E-state index in [4.69, 9.17) is 9.05 Å². The summed E-state index contributed by atoms with van der Waals surface area (Å²) in [6, 6.07) is -0.903. The smallest absolute Gasteiger partial charge is 0.268 e. The summed E-state index contributed by atoms with van der Waals surface area (Å²) in [5.74, 6) is -0.213. The molecule has 3 unspecified atom stereocenters. The summed E-state index contributed by atoms with van der Waals surface area (Å²) >= 11 is 0. The maximum Gasteiger partial charge on any atom is 0.268 e. The third-order valence-electron chi connectivity index (χ3n) is 9.09. The molecule has 1 amide bonds. The zero-order chi connectivity index (χ0) is 37.9. The van der Waals surface area contributed by atoms with E-state index in [2.05, 4.69) is 43.5 Å². The average Bonchev–Trinajstić information content (AvgIpc) is 3.07. The highest BCUT2D eigenvalue weighted by Crippen LogP contribution is 2.38. The van der Waals surface area contributed by atoms with Crippen LogP contribution >= 0.6 is 7.82 Å². The number of nitrogens with one attached hydrogen (secondary N) is 1. The number of carbonyl (C=O) groups is 1. The summed E-state index contributed by atoms with van der Waals surface area (Å²) in [6.07, 6.45) is 40.6. The van der Waals surface area contributed by atoms with Gasteiger partial charge in [0.2, 0.25) is 5.91 Å². The summed E-state index contributed by atoms with van der Waals surface area (Å²) in [6.45, 7) is 4.49. The van der Waals surface area contributed by atoms with Crippen LogP contribution in [-0.4, -0.2) is 68.5 Å². The lowest BCUT2D eigenvalue weighted by molar-refractivity contribution is -0.870. The highest BCUT2D eigenvalue weighted by molar-refractivity contribution is 7.45. The Morgan fingerprint density at radius 3 is 1.57 bits per heavy atom. The number of carbonyl (C=O) groups excluding carboxylic acids is 1. The van der Waals surface area contributed by atoms with Crippen LogP contribution in [0.5, 0.6) is 0 Å². The molecule has 0 aromatic heterocycles. The Labute approximate surface area is 315 Å². The minimum absolute atomic E-state index is 0.00836. The molecule has 0 radical (unpaired) electrons. The molecule has 8 nitrogen and oxygen atoms in total. The Bertz CT molecular complexity index is 933. The number of hydrogen-bond acceptors (Lipinski definition) is 6. The van der Waals surface area contributed by atoms with Crippen molar-refractivity contribution in [3.05, 3.63) is 36.5 Å². The van der Waals surface area contributed by atoms with Gasteiger partial charge in [-0.1, -0.05) is 166 Å². The number of rotatable bonds is 37. The maximum atomic E-state index is 12.8. The van der Waals surface area contributed by atoms with Crippen molar-refractivity contribution in [3.8, 4) is 0 Å². The molecule has 0 rings (SSSR count). The fourth-order valence-corrected chi connectivity index (χ4v) is 6.50. The number of phosphoric ester groups is 1. The van der Waals surface area contributed by atoms with E-state index in [1.807, 2.05) is 27.2 Å². The van der Waals surface area contributed by atoms with E-state index < -0.39 is 26.6 Å². The summed E-state index contributed by atoms with van der Waals surface area (Å²) in [5, 5.41) is 13.7. The number of likely N-dealkylation sites (N-methyl/N-ethyl adjacent to an activating group) is 1. The molecule has 51 heavy (non-hydrogen) atoms. The van der Waals surface area contributed by atoms with Crippen LogP contribution in [0.15, 0.2) is 36.5 Å². The zero-order valence-electron chi connectivity index (χ0n) is 33.8. The van der Waals surface area contributed by atoms with E-state index in [0.29, 0.717) is 17.4 Å². The zero-order valence-corrected chi connectivity index (χ0v) is 34.7. The topological polar surface area (TPSA) is 108 Å². The van der Waals surface area contributed by atoms with Crippen molar-refractivity contribution in [1.29, 1.82) is 0 Å². The molecule has 9 heteroatoms. The van der Waals surface area contributed by atoms with Crippen LogP contribution in [0.1, 0.15) is 174 Å². The van der Waals surface area contributed by atoms with Crippen molar-refractivity contribution < 1.29 is 32.9 Å². The number of quaternary nitrogens is 1. The van der Waals surface area contributed by atoms with Crippen LogP contribution in [0, 0.1) is 0 Å². The molecular formula is C42H81N2O6P. The lowest BCUT2D eigenvalue weighted by Gasteiger charge is -2.29. The normalized spacial score (nSPS) is 14.9. The van der Waals surface area contributed by atoms with E-state index in [-0.39, 0.29) is 12.5 Å². The average molecular weight is 741 g/mol. The SMILES string of the molecule is CC/C=C/CC/C=C/CC/C=C/C(O)C(COP(=O)([O-])OCC[N+](C)(C)C)NC(=O)CCCCCCCCCCCCCCCCCCCCC. The number of phosphoric acid groups is 1. The van der Waals surface area contributed by atoms with Gasteiger partial charge in [-0.3, -0.25) is 9.36 Å². The second-order valence-electron chi connectivity index (χ2n) is 15.3. The first-order valence-electron chi connectivity index (χ1n) is 20.9. The quantitative estimate of drug-likeness (QED) is 0.0284. The van der Waals surface area contributed by atoms with E-state index >= 15 is 0 Å². The van der Waals surface area contributed by atoms with Gasteiger partial charge in [-0.25, -0.2) is 0 Å². The number of nitrogens with zero attached hydrogens (tertiary/aromatic N) is 1. The van der Waals surface area contributed by atoms with Gasteiger partial charge in [-0.15, -0.1) is 0 Å². The third kappa shape index (κ3) is 36.9. The fourth-order valence-electron chi connectivity index (χ4n) is 5.78. The van der Waals surface area contributed by atoms with Crippen LogP contribution in [0.25, 0.3) is 0 Å². The highest BCUT2D eigenvalue weighted by atomic mass is 31.2. The summed E-state index contributed by atoms with van der Waals surface area (Å²) in [7, 11) is 1.23. The molecule has 0 aliphatic heterocycles. The number of aliphatic hydroxyl groups is 1. The van der Waals surface area contributed by atoms with E-state index in [1.54, 1.807) is 6.08 Å². The minimum Gasteiger partial charge on any atom is -0.756 e. The maximum absolute atomic E-state index is 12.8. The number of hydrogen-bond donors (Lipinski definition) is 2. The molecule has 3 atom stereocenters. The third-order valence-corrected chi connectivity index (χ3v) is 10.1. The van der Waals surface area contributed by atoms with Crippen LogP contribution in [0.2, 0.25) is 0 Å². The van der Waals surface area contributed by atoms with E-state index in [1.165, 1.54) is 103 Å². The van der Waals surface area contributed by atoms with Gasteiger partial charge in [0.25, 0.3) is 7.82 Å². The summed E-state index contributed by atoms with van der Waals surface area (Å²) < 4.78 is 23.1. The molecule has 0 aromatic rings. The van der Waals surface area contributed by atoms with Gasteiger partial charge >= 0.3 is 0 Å². The molecule has 0 aliphatic rings. The predicted octanol–water partition coefficient (Wildman–Crippen LogP) is 10.5. The first-order chi connectivity index (χ1) is 24.5. The van der Waals surface area contributed by atoms with Gasteiger partial charge in [0.15, 0.2) is 0 Å². The van der Waals surface area contributed by atoms with Crippen LogP contribution in [-0.2, 0) is 18.4 Å². The Balaban J connectivity index is 4.36. The first kappa shape index (κ1) is 49.7. The van der Waals surface area contributed by atoms with Crippen molar-refractivity contribution in [2.75, 3.05) is 40.9 Å². The second-order valence-corrected chi connectivity index (χ2v) is 16.7. The molecule has 2 N–H and O–H groups in total.